The lowest BCUT2D eigenvalue weighted by Crippen LogP contribution is -2.22. The summed E-state index contributed by atoms with van der Waals surface area (Å²) in [4.78, 5) is 2.33. The highest BCUT2D eigenvalue weighted by molar-refractivity contribution is 5.96. The molecule has 0 unspecified atom stereocenters. The van der Waals surface area contributed by atoms with Gasteiger partial charge < -0.3 is 10.9 Å². The van der Waals surface area contributed by atoms with Crippen LogP contribution in [0.2, 0.25) is 0 Å². The van der Waals surface area contributed by atoms with Gasteiger partial charge in [0.1, 0.15) is 0 Å². The number of rotatable bonds is 5. The molecule has 1 rings (SSSR count). The van der Waals surface area contributed by atoms with Crippen molar-refractivity contribution < 1.29 is 5.21 Å². The van der Waals surface area contributed by atoms with Gasteiger partial charge in [-0.25, -0.2) is 0 Å². The summed E-state index contributed by atoms with van der Waals surface area (Å²) < 4.78 is 0. The summed E-state index contributed by atoms with van der Waals surface area (Å²) in [6.07, 6.45) is 0. The largest absolute Gasteiger partial charge is 0.409 e. The molecule has 0 amide bonds. The first-order chi connectivity index (χ1) is 7.71. The van der Waals surface area contributed by atoms with Gasteiger partial charge in [0.05, 0.1) is 0 Å². The molecule has 0 heterocycles. The smallest absolute Gasteiger partial charge is 0.170 e. The highest BCUT2D eigenvalue weighted by Gasteiger charge is 2.02. The molecule has 0 aliphatic heterocycles. The van der Waals surface area contributed by atoms with Crippen LogP contribution >= 0.6 is 0 Å². The predicted molar refractivity (Wildman–Crippen MR) is 65.6 cm³/mol. The fraction of sp³-hybridized carbons (Fsp3) is 0.417. The van der Waals surface area contributed by atoms with Crippen molar-refractivity contribution in [2.45, 2.75) is 20.4 Å². The van der Waals surface area contributed by atoms with Crippen LogP contribution in [0.1, 0.15) is 25.0 Å². The molecular weight excluding hydrogens is 202 g/mol. The molecule has 0 saturated carbocycles. The van der Waals surface area contributed by atoms with Crippen molar-refractivity contribution in [3.63, 3.8) is 0 Å². The summed E-state index contributed by atoms with van der Waals surface area (Å²) in [6, 6.07) is 7.75. The van der Waals surface area contributed by atoms with Gasteiger partial charge in [-0.05, 0) is 18.7 Å². The van der Waals surface area contributed by atoms with Gasteiger partial charge in [0.15, 0.2) is 5.84 Å². The van der Waals surface area contributed by atoms with Gasteiger partial charge in [-0.2, -0.15) is 0 Å². The third-order valence-electron chi connectivity index (χ3n) is 2.66. The maximum atomic E-state index is 8.53. The summed E-state index contributed by atoms with van der Waals surface area (Å²) in [7, 11) is 0. The van der Waals surface area contributed by atoms with E-state index in [0.717, 1.165) is 25.2 Å². The van der Waals surface area contributed by atoms with Crippen molar-refractivity contribution in [3.8, 4) is 0 Å². The van der Waals surface area contributed by atoms with E-state index in [9.17, 15) is 0 Å². The second-order valence-electron chi connectivity index (χ2n) is 3.64. The topological polar surface area (TPSA) is 61.8 Å². The zero-order valence-corrected chi connectivity index (χ0v) is 9.85. The van der Waals surface area contributed by atoms with Crippen LogP contribution in [-0.2, 0) is 6.54 Å². The second-order valence-corrected chi connectivity index (χ2v) is 3.64. The van der Waals surface area contributed by atoms with Crippen LogP contribution in [0, 0.1) is 0 Å². The minimum Gasteiger partial charge on any atom is -0.409 e. The maximum absolute atomic E-state index is 8.53. The fourth-order valence-electron chi connectivity index (χ4n) is 1.54. The number of nitrogens with two attached hydrogens (primary N) is 1. The minimum absolute atomic E-state index is 0.148. The Morgan fingerprint density at radius 3 is 2.25 bits per heavy atom. The highest BCUT2D eigenvalue weighted by Crippen LogP contribution is 2.07. The Bertz CT molecular complexity index is 342. The van der Waals surface area contributed by atoms with E-state index < -0.39 is 0 Å². The third-order valence-corrected chi connectivity index (χ3v) is 2.66. The number of amidine groups is 1. The Kier molecular flexibility index (Phi) is 4.79. The standard InChI is InChI=1S/C12H19N3O/c1-3-15(4-2)9-10-5-7-11(8-6-10)12(13)14-16/h5-8,16H,3-4,9H2,1-2H3,(H2,13,14). The summed E-state index contributed by atoms with van der Waals surface area (Å²) >= 11 is 0. The van der Waals surface area contributed by atoms with Gasteiger partial charge in [0.25, 0.3) is 0 Å². The monoisotopic (exact) mass is 221 g/mol. The number of benzene rings is 1. The molecule has 4 heteroatoms. The van der Waals surface area contributed by atoms with Crippen LogP contribution in [0.15, 0.2) is 29.4 Å². The normalized spacial score (nSPS) is 12.1. The van der Waals surface area contributed by atoms with E-state index in [0.29, 0.717) is 0 Å². The number of hydrogen-bond donors (Lipinski definition) is 2. The Labute approximate surface area is 96.4 Å². The van der Waals surface area contributed by atoms with Crippen LogP contribution < -0.4 is 5.73 Å². The van der Waals surface area contributed by atoms with E-state index in [-0.39, 0.29) is 5.84 Å². The van der Waals surface area contributed by atoms with Gasteiger partial charge in [-0.1, -0.05) is 43.3 Å². The van der Waals surface area contributed by atoms with Gasteiger partial charge in [-0.15, -0.1) is 0 Å². The average molecular weight is 221 g/mol. The molecule has 0 radical (unpaired) electrons. The van der Waals surface area contributed by atoms with Crippen LogP contribution in [-0.4, -0.2) is 29.0 Å². The zero-order chi connectivity index (χ0) is 12.0. The molecule has 3 N–H and O–H groups in total. The molecule has 16 heavy (non-hydrogen) atoms. The van der Waals surface area contributed by atoms with Crippen molar-refractivity contribution in [3.05, 3.63) is 35.4 Å². The Balaban J connectivity index is 2.71. The van der Waals surface area contributed by atoms with Crippen molar-refractivity contribution in [1.82, 2.24) is 4.90 Å². The Hall–Kier alpha value is -1.55. The van der Waals surface area contributed by atoms with Crippen LogP contribution in [0.4, 0.5) is 0 Å². The summed E-state index contributed by atoms with van der Waals surface area (Å²) in [5.41, 5.74) is 7.46. The Morgan fingerprint density at radius 1 is 1.25 bits per heavy atom. The van der Waals surface area contributed by atoms with Crippen molar-refractivity contribution in [1.29, 1.82) is 0 Å². The SMILES string of the molecule is CCN(CC)Cc1ccc(/C(N)=N/O)cc1. The van der Waals surface area contributed by atoms with E-state index in [1.165, 1.54) is 5.56 Å². The first-order valence-electron chi connectivity index (χ1n) is 5.50. The molecular formula is C12H19N3O. The molecule has 4 nitrogen and oxygen atoms in total. The van der Waals surface area contributed by atoms with E-state index in [1.54, 1.807) is 0 Å². The number of hydrogen-bond acceptors (Lipinski definition) is 3. The second kappa shape index (κ2) is 6.12. The molecule has 0 spiro atoms. The molecule has 0 aliphatic carbocycles. The van der Waals surface area contributed by atoms with E-state index in [1.807, 2.05) is 24.3 Å². The first-order valence-corrected chi connectivity index (χ1v) is 5.50. The van der Waals surface area contributed by atoms with Crippen molar-refractivity contribution in [2.75, 3.05) is 13.1 Å². The lowest BCUT2D eigenvalue weighted by Gasteiger charge is -2.17. The predicted octanol–water partition coefficient (Wildman–Crippen LogP) is 1.62. The fourth-order valence-corrected chi connectivity index (χ4v) is 1.54. The van der Waals surface area contributed by atoms with Gasteiger partial charge in [0.2, 0.25) is 0 Å². The molecule has 1 aromatic rings. The summed E-state index contributed by atoms with van der Waals surface area (Å²) in [5, 5.41) is 11.5. The van der Waals surface area contributed by atoms with Gasteiger partial charge >= 0.3 is 0 Å². The van der Waals surface area contributed by atoms with E-state index in [2.05, 4.69) is 23.9 Å². The van der Waals surface area contributed by atoms with Crippen molar-refractivity contribution in [2.24, 2.45) is 10.9 Å². The molecule has 0 bridgehead atoms. The third kappa shape index (κ3) is 3.24. The Morgan fingerprint density at radius 2 is 1.81 bits per heavy atom. The van der Waals surface area contributed by atoms with E-state index in [4.69, 9.17) is 10.9 Å². The first kappa shape index (κ1) is 12.5. The van der Waals surface area contributed by atoms with E-state index >= 15 is 0 Å². The minimum atomic E-state index is 0.148. The quantitative estimate of drug-likeness (QED) is 0.344. The lowest BCUT2D eigenvalue weighted by atomic mass is 10.1. The summed E-state index contributed by atoms with van der Waals surface area (Å²) in [6.45, 7) is 7.31. The molecule has 0 saturated heterocycles. The molecule has 1 aromatic carbocycles. The number of nitrogens with zero attached hydrogens (tertiary/aromatic N) is 2. The average Bonchev–Trinajstić information content (AvgIpc) is 2.35. The molecule has 88 valence electrons. The molecule has 0 fully saturated rings. The van der Waals surface area contributed by atoms with Crippen LogP contribution in [0.5, 0.6) is 0 Å². The molecule has 0 atom stereocenters. The van der Waals surface area contributed by atoms with Crippen LogP contribution in [0.25, 0.3) is 0 Å². The van der Waals surface area contributed by atoms with Crippen molar-refractivity contribution >= 4 is 5.84 Å². The summed E-state index contributed by atoms with van der Waals surface area (Å²) in [5.74, 6) is 0.148. The molecule has 0 aliphatic rings. The van der Waals surface area contributed by atoms with Gasteiger partial charge in [0, 0.05) is 12.1 Å². The number of oxime groups is 1. The highest BCUT2D eigenvalue weighted by atomic mass is 16.4. The maximum Gasteiger partial charge on any atom is 0.170 e. The molecule has 0 aromatic heterocycles. The van der Waals surface area contributed by atoms with Gasteiger partial charge in [-0.3, -0.25) is 4.90 Å². The van der Waals surface area contributed by atoms with Crippen LogP contribution in [0.3, 0.4) is 0 Å². The lowest BCUT2D eigenvalue weighted by molar-refractivity contribution is 0.296. The zero-order valence-electron chi connectivity index (χ0n) is 9.85.